The van der Waals surface area contributed by atoms with Gasteiger partial charge in [-0.25, -0.2) is 18.2 Å². The number of benzene rings is 1. The predicted molar refractivity (Wildman–Crippen MR) is 98.8 cm³/mol. The molecule has 0 radical (unpaired) electrons. The highest BCUT2D eigenvalue weighted by Gasteiger charge is 2.31. The van der Waals surface area contributed by atoms with Gasteiger partial charge in [0.25, 0.3) is 11.8 Å². The van der Waals surface area contributed by atoms with Crippen LogP contribution in [0.2, 0.25) is 0 Å². The van der Waals surface area contributed by atoms with Crippen molar-refractivity contribution < 1.29 is 27.5 Å². The minimum atomic E-state index is -3.13. The fourth-order valence-corrected chi connectivity index (χ4v) is 3.27. The van der Waals surface area contributed by atoms with Crippen LogP contribution in [-0.4, -0.2) is 36.3 Å². The second-order valence-corrected chi connectivity index (χ2v) is 6.83. The number of thioether (sulfide) groups is 1. The highest BCUT2D eigenvalue weighted by atomic mass is 32.2. The van der Waals surface area contributed by atoms with Crippen LogP contribution in [0.3, 0.4) is 0 Å². The molecular formula is C19H19F3N2O3S. The highest BCUT2D eigenvalue weighted by molar-refractivity contribution is 7.99. The van der Waals surface area contributed by atoms with Gasteiger partial charge in [-0.3, -0.25) is 9.59 Å². The van der Waals surface area contributed by atoms with E-state index in [0.29, 0.717) is 5.03 Å². The smallest absolute Gasteiger partial charge is 0.307 e. The normalized spacial score (nSPS) is 11.1. The molecule has 1 N–H and O–H groups in total. The summed E-state index contributed by atoms with van der Waals surface area (Å²) in [7, 11) is 1.25. The molecule has 0 saturated heterocycles. The highest BCUT2D eigenvalue weighted by Crippen LogP contribution is 2.34. The molecule has 1 heterocycles. The van der Waals surface area contributed by atoms with Crippen LogP contribution >= 0.6 is 11.8 Å². The van der Waals surface area contributed by atoms with Crippen molar-refractivity contribution >= 4 is 23.6 Å². The molecule has 1 aromatic heterocycles. The SMILES string of the molecule is COC(=O)CCNC(=O)c1cccnc1SCCC(F)(F)c1ccc(F)cc1. The van der Waals surface area contributed by atoms with Gasteiger partial charge in [0, 0.05) is 30.5 Å². The number of alkyl halides is 2. The molecule has 28 heavy (non-hydrogen) atoms. The number of nitrogens with zero attached hydrogens (tertiary/aromatic N) is 1. The van der Waals surface area contributed by atoms with Gasteiger partial charge in [0.05, 0.1) is 19.1 Å². The zero-order valence-corrected chi connectivity index (χ0v) is 15.9. The zero-order valence-electron chi connectivity index (χ0n) is 15.1. The van der Waals surface area contributed by atoms with Crippen LogP contribution < -0.4 is 5.32 Å². The molecule has 0 aliphatic heterocycles. The predicted octanol–water partition coefficient (Wildman–Crippen LogP) is 3.79. The molecule has 0 aliphatic carbocycles. The summed E-state index contributed by atoms with van der Waals surface area (Å²) in [5.74, 6) is -4.61. The number of esters is 1. The number of aromatic nitrogens is 1. The summed E-state index contributed by atoms with van der Waals surface area (Å²) >= 11 is 1.03. The molecule has 0 atom stereocenters. The average Bonchev–Trinajstić information content (AvgIpc) is 2.68. The van der Waals surface area contributed by atoms with E-state index in [9.17, 15) is 22.8 Å². The van der Waals surface area contributed by atoms with Crippen LogP contribution in [-0.2, 0) is 15.5 Å². The summed E-state index contributed by atoms with van der Waals surface area (Å²) in [6, 6.07) is 7.19. The quantitative estimate of drug-likeness (QED) is 0.501. The van der Waals surface area contributed by atoms with Crippen molar-refractivity contribution in [1.29, 1.82) is 0 Å². The van der Waals surface area contributed by atoms with Crippen molar-refractivity contribution in [3.63, 3.8) is 0 Å². The van der Waals surface area contributed by atoms with Crippen molar-refractivity contribution in [2.24, 2.45) is 0 Å². The van der Waals surface area contributed by atoms with Gasteiger partial charge in [0.1, 0.15) is 10.8 Å². The number of pyridine rings is 1. The number of carbonyl (C=O) groups excluding carboxylic acids is 2. The topological polar surface area (TPSA) is 68.3 Å². The molecule has 0 bridgehead atoms. The third kappa shape index (κ3) is 6.26. The van der Waals surface area contributed by atoms with Crippen molar-refractivity contribution in [2.45, 2.75) is 23.8 Å². The summed E-state index contributed by atoms with van der Waals surface area (Å²) in [6.07, 6.45) is 0.990. The maximum Gasteiger partial charge on any atom is 0.307 e. The first kappa shape index (κ1) is 21.7. The molecule has 0 spiro atoms. The van der Waals surface area contributed by atoms with E-state index >= 15 is 0 Å². The molecule has 2 rings (SSSR count). The standard InChI is InChI=1S/C19H19F3N2O3S/c1-27-16(25)8-11-23-17(26)15-3-2-10-24-18(15)28-12-9-19(21,22)13-4-6-14(20)7-5-13/h2-7,10H,8-9,11-12H2,1H3,(H,23,26). The lowest BCUT2D eigenvalue weighted by Crippen LogP contribution is -2.27. The van der Waals surface area contributed by atoms with Crippen molar-refractivity contribution in [1.82, 2.24) is 10.3 Å². The van der Waals surface area contributed by atoms with E-state index in [1.54, 1.807) is 6.07 Å². The first-order valence-electron chi connectivity index (χ1n) is 8.40. The van der Waals surface area contributed by atoms with E-state index in [1.807, 2.05) is 0 Å². The maximum absolute atomic E-state index is 14.2. The van der Waals surface area contributed by atoms with E-state index in [-0.39, 0.29) is 29.8 Å². The Labute approximate surface area is 164 Å². The number of halogens is 3. The van der Waals surface area contributed by atoms with E-state index < -0.39 is 30.0 Å². The van der Waals surface area contributed by atoms with Crippen molar-refractivity contribution in [3.05, 3.63) is 59.5 Å². The summed E-state index contributed by atoms with van der Waals surface area (Å²) in [4.78, 5) is 27.4. The van der Waals surface area contributed by atoms with E-state index in [2.05, 4.69) is 15.0 Å². The second-order valence-electron chi connectivity index (χ2n) is 5.75. The Bertz CT molecular complexity index is 816. The van der Waals surface area contributed by atoms with Crippen LogP contribution in [0, 0.1) is 5.82 Å². The van der Waals surface area contributed by atoms with Gasteiger partial charge in [0.2, 0.25) is 0 Å². The maximum atomic E-state index is 14.2. The lowest BCUT2D eigenvalue weighted by atomic mass is 10.1. The zero-order chi connectivity index (χ0) is 20.6. The van der Waals surface area contributed by atoms with Crippen LogP contribution in [0.5, 0.6) is 0 Å². The molecule has 0 saturated carbocycles. The number of hydrogen-bond acceptors (Lipinski definition) is 5. The number of nitrogens with one attached hydrogen (secondary N) is 1. The van der Waals surface area contributed by atoms with E-state index in [4.69, 9.17) is 0 Å². The number of hydrogen-bond donors (Lipinski definition) is 1. The van der Waals surface area contributed by atoms with Gasteiger partial charge in [0.15, 0.2) is 0 Å². The first-order chi connectivity index (χ1) is 13.3. The number of carbonyl (C=O) groups is 2. The molecule has 0 aliphatic rings. The van der Waals surface area contributed by atoms with E-state index in [0.717, 1.165) is 36.0 Å². The van der Waals surface area contributed by atoms with Gasteiger partial charge in [-0.2, -0.15) is 0 Å². The van der Waals surface area contributed by atoms with Crippen LogP contribution in [0.25, 0.3) is 0 Å². The molecule has 9 heteroatoms. The van der Waals surface area contributed by atoms with Crippen molar-refractivity contribution in [2.75, 3.05) is 19.4 Å². The summed E-state index contributed by atoms with van der Waals surface area (Å²) in [6.45, 7) is 0.0904. The molecular weight excluding hydrogens is 393 g/mol. The average molecular weight is 412 g/mol. The lowest BCUT2D eigenvalue weighted by Gasteiger charge is -2.16. The molecule has 0 unspecified atom stereocenters. The fraction of sp³-hybridized carbons (Fsp3) is 0.316. The Morgan fingerprint density at radius 2 is 1.93 bits per heavy atom. The molecule has 0 fully saturated rings. The van der Waals surface area contributed by atoms with E-state index in [1.165, 1.54) is 19.4 Å². The molecule has 150 valence electrons. The second kappa shape index (κ2) is 10.1. The Balaban J connectivity index is 1.94. The molecule has 5 nitrogen and oxygen atoms in total. The number of amides is 1. The van der Waals surface area contributed by atoms with Crippen molar-refractivity contribution in [3.8, 4) is 0 Å². The number of methoxy groups -OCH3 is 1. The van der Waals surface area contributed by atoms with Gasteiger partial charge in [-0.15, -0.1) is 11.8 Å². The third-order valence-electron chi connectivity index (χ3n) is 3.78. The van der Waals surface area contributed by atoms with Gasteiger partial charge < -0.3 is 10.1 Å². The van der Waals surface area contributed by atoms with Gasteiger partial charge >= 0.3 is 5.97 Å². The Morgan fingerprint density at radius 1 is 1.21 bits per heavy atom. The van der Waals surface area contributed by atoms with Gasteiger partial charge in [-0.1, -0.05) is 12.1 Å². The Kier molecular flexibility index (Phi) is 7.86. The van der Waals surface area contributed by atoms with Crippen LogP contribution in [0.4, 0.5) is 13.2 Å². The summed E-state index contributed by atoms with van der Waals surface area (Å²) in [5.41, 5.74) is -0.0289. The third-order valence-corrected chi connectivity index (χ3v) is 4.79. The molecule has 1 aromatic carbocycles. The number of ether oxygens (including phenoxy) is 1. The van der Waals surface area contributed by atoms with Crippen LogP contribution in [0.1, 0.15) is 28.8 Å². The lowest BCUT2D eigenvalue weighted by molar-refractivity contribution is -0.140. The number of rotatable bonds is 9. The summed E-state index contributed by atoms with van der Waals surface area (Å²) < 4.78 is 45.9. The fourth-order valence-electron chi connectivity index (χ4n) is 2.27. The molecule has 2 aromatic rings. The van der Waals surface area contributed by atoms with Crippen LogP contribution in [0.15, 0.2) is 47.6 Å². The largest absolute Gasteiger partial charge is 0.469 e. The minimum Gasteiger partial charge on any atom is -0.469 e. The monoisotopic (exact) mass is 412 g/mol. The Morgan fingerprint density at radius 3 is 2.61 bits per heavy atom. The Hall–Kier alpha value is -2.55. The minimum absolute atomic E-state index is 0.00380. The molecule has 1 amide bonds. The first-order valence-corrected chi connectivity index (χ1v) is 9.39. The van der Waals surface area contributed by atoms with Gasteiger partial charge in [-0.05, 0) is 24.3 Å². The summed E-state index contributed by atoms with van der Waals surface area (Å²) in [5, 5.41) is 2.88.